The molecule has 1 unspecified atom stereocenters. The highest BCUT2D eigenvalue weighted by Crippen LogP contribution is 2.27. The zero-order valence-corrected chi connectivity index (χ0v) is 15.5. The van der Waals surface area contributed by atoms with Crippen LogP contribution in [0.2, 0.25) is 0 Å². The second-order valence-corrected chi connectivity index (χ2v) is 8.34. The number of halogens is 1. The van der Waals surface area contributed by atoms with Crippen molar-refractivity contribution in [1.29, 1.82) is 0 Å². The molecule has 2 N–H and O–H groups in total. The highest BCUT2D eigenvalue weighted by atomic mass is 127. The van der Waals surface area contributed by atoms with Crippen LogP contribution in [0.3, 0.4) is 0 Å². The topological polar surface area (TPSA) is 58.2 Å². The van der Waals surface area contributed by atoms with Crippen LogP contribution in [0.1, 0.15) is 23.3 Å². The van der Waals surface area contributed by atoms with Gasteiger partial charge in [0.25, 0.3) is 0 Å². The lowest BCUT2D eigenvalue weighted by molar-refractivity contribution is 0.578. The van der Waals surface area contributed by atoms with Gasteiger partial charge in [0.05, 0.1) is 5.25 Å². The standard InChI is InChI=1S/C16H19IN2O2S/c1-12(22(20,21)18-2)14-8-9-16(15(17)10-14)19-11-13-6-4-3-5-7-13/h3-10,12,18-19H,11H2,1-2H3. The Morgan fingerprint density at radius 3 is 2.41 bits per heavy atom. The molecule has 0 heterocycles. The lowest BCUT2D eigenvalue weighted by atomic mass is 10.1. The van der Waals surface area contributed by atoms with Gasteiger partial charge in [0.1, 0.15) is 0 Å². The van der Waals surface area contributed by atoms with Gasteiger partial charge < -0.3 is 5.32 Å². The van der Waals surface area contributed by atoms with Crippen molar-refractivity contribution in [3.8, 4) is 0 Å². The molecule has 0 aliphatic carbocycles. The van der Waals surface area contributed by atoms with Gasteiger partial charge in [-0.3, -0.25) is 0 Å². The molecule has 2 aromatic rings. The Labute approximate surface area is 145 Å². The van der Waals surface area contributed by atoms with E-state index in [0.717, 1.165) is 21.4 Å². The Bertz CT molecular complexity index is 733. The maximum atomic E-state index is 11.9. The van der Waals surface area contributed by atoms with E-state index in [2.05, 4.69) is 44.8 Å². The van der Waals surface area contributed by atoms with Gasteiger partial charge in [-0.05, 0) is 59.8 Å². The Morgan fingerprint density at radius 1 is 1.14 bits per heavy atom. The molecule has 2 aromatic carbocycles. The van der Waals surface area contributed by atoms with E-state index < -0.39 is 15.3 Å². The molecule has 4 nitrogen and oxygen atoms in total. The van der Waals surface area contributed by atoms with Crippen molar-refractivity contribution < 1.29 is 8.42 Å². The zero-order chi connectivity index (χ0) is 16.2. The van der Waals surface area contributed by atoms with Gasteiger partial charge in [0, 0.05) is 15.8 Å². The number of rotatable bonds is 6. The molecule has 1 atom stereocenters. The molecular formula is C16H19IN2O2S. The van der Waals surface area contributed by atoms with E-state index in [1.165, 1.54) is 12.6 Å². The summed E-state index contributed by atoms with van der Waals surface area (Å²) in [5.74, 6) is 0. The third-order valence-corrected chi connectivity index (χ3v) is 6.20. The molecule has 0 saturated heterocycles. The van der Waals surface area contributed by atoms with Gasteiger partial charge in [-0.2, -0.15) is 0 Å². The quantitative estimate of drug-likeness (QED) is 0.690. The van der Waals surface area contributed by atoms with Crippen LogP contribution in [0.5, 0.6) is 0 Å². The molecule has 22 heavy (non-hydrogen) atoms. The second kappa shape index (κ2) is 7.43. The van der Waals surface area contributed by atoms with Gasteiger partial charge >= 0.3 is 0 Å². The number of hydrogen-bond acceptors (Lipinski definition) is 3. The van der Waals surface area contributed by atoms with E-state index in [1.54, 1.807) is 6.92 Å². The molecule has 6 heteroatoms. The lowest BCUT2D eigenvalue weighted by Gasteiger charge is -2.15. The summed E-state index contributed by atoms with van der Waals surface area (Å²) in [6.45, 7) is 2.43. The van der Waals surface area contributed by atoms with Crippen LogP contribution in [0.4, 0.5) is 5.69 Å². The Kier molecular flexibility index (Phi) is 5.82. The highest BCUT2D eigenvalue weighted by Gasteiger charge is 2.21. The molecule has 0 aliphatic rings. The average molecular weight is 430 g/mol. The van der Waals surface area contributed by atoms with E-state index in [-0.39, 0.29) is 0 Å². The third kappa shape index (κ3) is 4.21. The van der Waals surface area contributed by atoms with Crippen molar-refractivity contribution in [3.63, 3.8) is 0 Å². The van der Waals surface area contributed by atoms with E-state index in [4.69, 9.17) is 0 Å². The first-order valence-electron chi connectivity index (χ1n) is 6.93. The van der Waals surface area contributed by atoms with E-state index in [0.29, 0.717) is 0 Å². The van der Waals surface area contributed by atoms with E-state index in [1.807, 2.05) is 36.4 Å². The zero-order valence-electron chi connectivity index (χ0n) is 12.5. The first-order valence-corrected chi connectivity index (χ1v) is 9.56. The molecule has 0 bridgehead atoms. The molecule has 0 fully saturated rings. The maximum Gasteiger partial charge on any atom is 0.218 e. The molecular weight excluding hydrogens is 411 g/mol. The number of sulfonamides is 1. The fraction of sp³-hybridized carbons (Fsp3) is 0.250. The smallest absolute Gasteiger partial charge is 0.218 e. The number of hydrogen-bond donors (Lipinski definition) is 2. The van der Waals surface area contributed by atoms with Gasteiger partial charge in [0.2, 0.25) is 10.0 Å². The minimum atomic E-state index is -3.31. The summed E-state index contributed by atoms with van der Waals surface area (Å²) in [6, 6.07) is 15.8. The van der Waals surface area contributed by atoms with Crippen molar-refractivity contribution >= 4 is 38.3 Å². The minimum absolute atomic E-state index is 0.575. The maximum absolute atomic E-state index is 11.9. The molecule has 0 spiro atoms. The van der Waals surface area contributed by atoms with Crippen molar-refractivity contribution in [1.82, 2.24) is 4.72 Å². The average Bonchev–Trinajstić information content (AvgIpc) is 2.54. The fourth-order valence-electron chi connectivity index (χ4n) is 2.08. The van der Waals surface area contributed by atoms with E-state index in [9.17, 15) is 8.42 Å². The Balaban J connectivity index is 2.13. The molecule has 2 rings (SSSR count). The monoisotopic (exact) mass is 430 g/mol. The predicted molar refractivity (Wildman–Crippen MR) is 99.3 cm³/mol. The first kappa shape index (κ1) is 17.2. The van der Waals surface area contributed by atoms with Crippen molar-refractivity contribution in [3.05, 3.63) is 63.2 Å². The Hall–Kier alpha value is -1.12. The molecule has 0 radical (unpaired) electrons. The number of benzene rings is 2. The van der Waals surface area contributed by atoms with Crippen molar-refractivity contribution in [2.75, 3.05) is 12.4 Å². The van der Waals surface area contributed by atoms with Crippen molar-refractivity contribution in [2.24, 2.45) is 0 Å². The largest absolute Gasteiger partial charge is 0.380 e. The van der Waals surface area contributed by atoms with Gasteiger partial charge in [0.15, 0.2) is 0 Å². The van der Waals surface area contributed by atoms with Crippen LogP contribution in [0, 0.1) is 3.57 Å². The van der Waals surface area contributed by atoms with Crippen LogP contribution >= 0.6 is 22.6 Å². The van der Waals surface area contributed by atoms with Crippen LogP contribution < -0.4 is 10.0 Å². The van der Waals surface area contributed by atoms with Gasteiger partial charge in [-0.25, -0.2) is 13.1 Å². The molecule has 0 aliphatic heterocycles. The fourth-order valence-corrected chi connectivity index (χ4v) is 3.67. The van der Waals surface area contributed by atoms with Gasteiger partial charge in [-0.1, -0.05) is 36.4 Å². The summed E-state index contributed by atoms with van der Waals surface area (Å²) in [4.78, 5) is 0. The summed E-state index contributed by atoms with van der Waals surface area (Å²) in [5, 5.41) is 2.80. The summed E-state index contributed by atoms with van der Waals surface area (Å²) in [7, 11) is -1.87. The van der Waals surface area contributed by atoms with Gasteiger partial charge in [-0.15, -0.1) is 0 Å². The molecule has 0 amide bonds. The molecule has 0 aromatic heterocycles. The van der Waals surface area contributed by atoms with Crippen LogP contribution in [-0.2, 0) is 16.6 Å². The summed E-state index contributed by atoms with van der Waals surface area (Å²) < 4.78 is 27.1. The van der Waals surface area contributed by atoms with Crippen molar-refractivity contribution in [2.45, 2.75) is 18.7 Å². The Morgan fingerprint density at radius 2 is 1.82 bits per heavy atom. The molecule has 118 valence electrons. The predicted octanol–water partition coefficient (Wildman–Crippen LogP) is 3.51. The van der Waals surface area contributed by atoms with E-state index >= 15 is 0 Å². The van der Waals surface area contributed by atoms with Crippen LogP contribution in [0.15, 0.2) is 48.5 Å². The lowest BCUT2D eigenvalue weighted by Crippen LogP contribution is -2.24. The third-order valence-electron chi connectivity index (χ3n) is 3.54. The summed E-state index contributed by atoms with van der Waals surface area (Å²) in [6.07, 6.45) is 0. The molecule has 0 saturated carbocycles. The second-order valence-electron chi connectivity index (χ2n) is 4.97. The van der Waals surface area contributed by atoms with Crippen LogP contribution in [0.25, 0.3) is 0 Å². The van der Waals surface area contributed by atoms with Crippen LogP contribution in [-0.4, -0.2) is 15.5 Å². The highest BCUT2D eigenvalue weighted by molar-refractivity contribution is 14.1. The minimum Gasteiger partial charge on any atom is -0.380 e. The SMILES string of the molecule is CNS(=O)(=O)C(C)c1ccc(NCc2ccccc2)c(I)c1. The first-order chi connectivity index (χ1) is 10.4. The summed E-state index contributed by atoms with van der Waals surface area (Å²) in [5.41, 5.74) is 2.99. The summed E-state index contributed by atoms with van der Waals surface area (Å²) >= 11 is 2.22. The number of nitrogens with one attached hydrogen (secondary N) is 2. The number of anilines is 1. The normalized spacial score (nSPS) is 12.9.